The number of nitrogens with one attached hydrogen (secondary N) is 4. The van der Waals surface area contributed by atoms with Crippen LogP contribution in [0.15, 0.2) is 35.1 Å². The normalized spacial score (nSPS) is 13.1. The maximum absolute atomic E-state index is 11.3. The van der Waals surface area contributed by atoms with Crippen LogP contribution in [0.5, 0.6) is 0 Å². The number of urea groups is 1. The van der Waals surface area contributed by atoms with Gasteiger partial charge in [0.05, 0.1) is 12.2 Å². The number of benzene rings is 1. The molecule has 4 N–H and O–H groups in total. The molecule has 0 radical (unpaired) electrons. The summed E-state index contributed by atoms with van der Waals surface area (Å²) >= 11 is 0. The maximum atomic E-state index is 11.3. The molecule has 0 spiro atoms. The highest BCUT2D eigenvalue weighted by atomic mass is 16.2. The van der Waals surface area contributed by atoms with Gasteiger partial charge in [0.1, 0.15) is 0 Å². The zero-order chi connectivity index (χ0) is 13.9. The second-order valence-electron chi connectivity index (χ2n) is 4.45. The molecule has 7 heteroatoms. The summed E-state index contributed by atoms with van der Waals surface area (Å²) in [6.45, 7) is 1.02. The molecule has 20 heavy (non-hydrogen) atoms. The summed E-state index contributed by atoms with van der Waals surface area (Å²) in [6, 6.07) is 8.66. The van der Waals surface area contributed by atoms with Gasteiger partial charge in [0, 0.05) is 24.0 Å². The van der Waals surface area contributed by atoms with Gasteiger partial charge in [-0.1, -0.05) is 6.07 Å². The van der Waals surface area contributed by atoms with Crippen molar-refractivity contribution in [3.8, 4) is 0 Å². The first kappa shape index (κ1) is 12.2. The number of aromatic amines is 1. The third-order valence-electron chi connectivity index (χ3n) is 3.01. The van der Waals surface area contributed by atoms with Crippen LogP contribution in [0.1, 0.15) is 11.3 Å². The average Bonchev–Trinajstić information content (AvgIpc) is 2.46. The topological polar surface area (TPSA) is 98.9 Å². The lowest BCUT2D eigenvalue weighted by molar-refractivity contribution is 0.251. The molecule has 0 bridgehead atoms. The summed E-state index contributed by atoms with van der Waals surface area (Å²) in [6.07, 6.45) is 0. The van der Waals surface area contributed by atoms with Gasteiger partial charge in [-0.15, -0.1) is 0 Å². The van der Waals surface area contributed by atoms with Crippen molar-refractivity contribution in [2.45, 2.75) is 13.1 Å². The predicted octanol–water partition coefficient (Wildman–Crippen LogP) is 1.02. The summed E-state index contributed by atoms with van der Waals surface area (Å²) in [4.78, 5) is 22.2. The van der Waals surface area contributed by atoms with Crippen molar-refractivity contribution in [3.63, 3.8) is 0 Å². The van der Waals surface area contributed by atoms with Crippen molar-refractivity contribution in [2.24, 2.45) is 0 Å². The van der Waals surface area contributed by atoms with Gasteiger partial charge in [-0.25, -0.2) is 9.89 Å². The molecule has 0 saturated heterocycles. The molecule has 0 atom stereocenters. The Labute approximate surface area is 114 Å². The molecule has 2 aromatic rings. The highest BCUT2D eigenvalue weighted by Crippen LogP contribution is 2.23. The smallest absolute Gasteiger partial charge is 0.319 e. The van der Waals surface area contributed by atoms with Crippen molar-refractivity contribution in [1.82, 2.24) is 15.5 Å². The lowest BCUT2D eigenvalue weighted by Gasteiger charge is -2.19. The molecule has 1 aliphatic heterocycles. The second-order valence-corrected chi connectivity index (χ2v) is 4.45. The molecule has 3 rings (SSSR count). The Hall–Kier alpha value is -2.83. The summed E-state index contributed by atoms with van der Waals surface area (Å²) in [5, 5.41) is 14.9. The number of aromatic nitrogens is 2. The number of nitrogens with zero attached hydrogens (tertiary/aromatic N) is 1. The van der Waals surface area contributed by atoms with Crippen molar-refractivity contribution in [3.05, 3.63) is 51.9 Å². The van der Waals surface area contributed by atoms with E-state index in [0.717, 1.165) is 22.6 Å². The van der Waals surface area contributed by atoms with E-state index in [9.17, 15) is 9.59 Å². The lowest BCUT2D eigenvalue weighted by atomic mass is 10.1. The molecule has 1 aromatic heterocycles. The summed E-state index contributed by atoms with van der Waals surface area (Å²) in [5.41, 5.74) is 3.22. The molecular weight excluding hydrogens is 258 g/mol. The van der Waals surface area contributed by atoms with Crippen LogP contribution in [0.3, 0.4) is 0 Å². The van der Waals surface area contributed by atoms with E-state index in [1.165, 1.54) is 6.07 Å². The minimum atomic E-state index is -0.224. The standard InChI is InChI=1S/C13H13N5O2/c19-12-4-3-10(17-18-12)7-14-9-2-1-8-6-15-13(20)16-11(8)5-9/h1-5,14H,6-7H2,(H,18,19)(H2,15,16,20). The van der Waals surface area contributed by atoms with Gasteiger partial charge >= 0.3 is 6.03 Å². The largest absolute Gasteiger partial charge is 0.379 e. The van der Waals surface area contributed by atoms with E-state index in [1.807, 2.05) is 18.2 Å². The Kier molecular flexibility index (Phi) is 3.08. The number of anilines is 2. The highest BCUT2D eigenvalue weighted by molar-refractivity contribution is 5.92. The van der Waals surface area contributed by atoms with E-state index < -0.39 is 0 Å². The van der Waals surface area contributed by atoms with E-state index in [0.29, 0.717) is 13.1 Å². The van der Waals surface area contributed by atoms with Crippen molar-refractivity contribution >= 4 is 17.4 Å². The number of carbonyl (C=O) groups is 1. The second kappa shape index (κ2) is 5.04. The minimum Gasteiger partial charge on any atom is -0.379 e. The fraction of sp³-hybridized carbons (Fsp3) is 0.154. The van der Waals surface area contributed by atoms with Gasteiger partial charge in [0.15, 0.2) is 0 Å². The van der Waals surface area contributed by atoms with Crippen LogP contribution in [0, 0.1) is 0 Å². The van der Waals surface area contributed by atoms with Gasteiger partial charge in [-0.05, 0) is 23.8 Å². The molecule has 2 heterocycles. The number of H-pyrrole nitrogens is 1. The molecule has 0 fully saturated rings. The lowest BCUT2D eigenvalue weighted by Crippen LogP contribution is -2.33. The minimum absolute atomic E-state index is 0.197. The third kappa shape index (κ3) is 2.61. The van der Waals surface area contributed by atoms with Crippen LogP contribution in [0.25, 0.3) is 0 Å². The van der Waals surface area contributed by atoms with Crippen LogP contribution in [0.2, 0.25) is 0 Å². The van der Waals surface area contributed by atoms with Crippen LogP contribution in [-0.4, -0.2) is 16.2 Å². The van der Waals surface area contributed by atoms with Crippen LogP contribution in [-0.2, 0) is 13.1 Å². The third-order valence-corrected chi connectivity index (χ3v) is 3.01. The first-order chi connectivity index (χ1) is 9.70. The summed E-state index contributed by atoms with van der Waals surface area (Å²) < 4.78 is 0. The summed E-state index contributed by atoms with van der Waals surface area (Å²) in [7, 11) is 0. The molecule has 7 nitrogen and oxygen atoms in total. The first-order valence-electron chi connectivity index (χ1n) is 6.17. The Morgan fingerprint density at radius 2 is 2.10 bits per heavy atom. The van der Waals surface area contributed by atoms with Gasteiger partial charge in [-0.2, -0.15) is 5.10 Å². The monoisotopic (exact) mass is 271 g/mol. The van der Waals surface area contributed by atoms with Crippen molar-refractivity contribution in [2.75, 3.05) is 10.6 Å². The van der Waals surface area contributed by atoms with Crippen molar-refractivity contribution < 1.29 is 4.79 Å². The Morgan fingerprint density at radius 3 is 2.90 bits per heavy atom. The summed E-state index contributed by atoms with van der Waals surface area (Å²) in [5.74, 6) is 0. The number of carbonyl (C=O) groups excluding carboxylic acids is 1. The molecule has 0 aliphatic carbocycles. The molecule has 0 saturated carbocycles. The fourth-order valence-corrected chi connectivity index (χ4v) is 1.96. The number of hydrogen-bond donors (Lipinski definition) is 4. The molecule has 2 amide bonds. The molecular formula is C13H13N5O2. The SMILES string of the molecule is O=C1NCc2ccc(NCc3ccc(=O)[nH]n3)cc2N1. The van der Waals surface area contributed by atoms with E-state index in [1.54, 1.807) is 6.07 Å². The van der Waals surface area contributed by atoms with Crippen LogP contribution in [0.4, 0.5) is 16.2 Å². The van der Waals surface area contributed by atoms with Gasteiger partial charge < -0.3 is 16.0 Å². The average molecular weight is 271 g/mol. The van der Waals surface area contributed by atoms with Crippen LogP contribution < -0.4 is 21.5 Å². The number of amides is 2. The van der Waals surface area contributed by atoms with Gasteiger partial charge in [0.25, 0.3) is 5.56 Å². The zero-order valence-corrected chi connectivity index (χ0v) is 10.6. The van der Waals surface area contributed by atoms with E-state index in [4.69, 9.17) is 0 Å². The molecule has 1 aliphatic rings. The quantitative estimate of drug-likeness (QED) is 0.669. The Balaban J connectivity index is 1.72. The highest BCUT2D eigenvalue weighted by Gasteiger charge is 2.13. The molecule has 102 valence electrons. The van der Waals surface area contributed by atoms with E-state index in [-0.39, 0.29) is 11.6 Å². The number of fused-ring (bicyclic) bond motifs is 1. The van der Waals surface area contributed by atoms with Crippen molar-refractivity contribution in [1.29, 1.82) is 0 Å². The van der Waals surface area contributed by atoms with Gasteiger partial charge in [-0.3, -0.25) is 4.79 Å². The first-order valence-corrected chi connectivity index (χ1v) is 6.17. The fourth-order valence-electron chi connectivity index (χ4n) is 1.96. The molecule has 0 unspecified atom stereocenters. The number of rotatable bonds is 3. The maximum Gasteiger partial charge on any atom is 0.319 e. The Morgan fingerprint density at radius 1 is 1.20 bits per heavy atom. The molecule has 1 aromatic carbocycles. The van der Waals surface area contributed by atoms with Gasteiger partial charge in [0.2, 0.25) is 0 Å². The predicted molar refractivity (Wildman–Crippen MR) is 74.5 cm³/mol. The zero-order valence-electron chi connectivity index (χ0n) is 10.6. The van der Waals surface area contributed by atoms with E-state index >= 15 is 0 Å². The van der Waals surface area contributed by atoms with Crippen LogP contribution >= 0.6 is 0 Å². The Bertz CT molecular complexity index is 690. The van der Waals surface area contributed by atoms with E-state index in [2.05, 4.69) is 26.1 Å². The number of hydrogen-bond acceptors (Lipinski definition) is 4.